The Morgan fingerprint density at radius 1 is 0.951 bits per heavy atom. The number of carbonyl (C=O) groups excluding carboxylic acids is 2. The van der Waals surface area contributed by atoms with E-state index in [0.717, 1.165) is 17.1 Å². The second-order valence-corrected chi connectivity index (χ2v) is 11.6. The average Bonchev–Trinajstić information content (AvgIpc) is 2.98. The van der Waals surface area contributed by atoms with Gasteiger partial charge in [0.05, 0.1) is 24.8 Å². The molecule has 3 aromatic rings. The van der Waals surface area contributed by atoms with Gasteiger partial charge in [0.25, 0.3) is 10.0 Å². The lowest BCUT2D eigenvalue weighted by Crippen LogP contribution is -2.51. The van der Waals surface area contributed by atoms with E-state index < -0.39 is 28.5 Å². The quantitative estimate of drug-likeness (QED) is 0.264. The Morgan fingerprint density at radius 3 is 2.24 bits per heavy atom. The summed E-state index contributed by atoms with van der Waals surface area (Å²) in [6.45, 7) is 3.56. The van der Waals surface area contributed by atoms with Gasteiger partial charge >= 0.3 is 0 Å². The van der Waals surface area contributed by atoms with E-state index in [1.54, 1.807) is 61.5 Å². The van der Waals surface area contributed by atoms with Crippen molar-refractivity contribution in [1.29, 1.82) is 0 Å². The number of ether oxygens (including phenoxy) is 2. The van der Waals surface area contributed by atoms with Gasteiger partial charge in [-0.05, 0) is 49.2 Å². The standard InChI is InChI=1S/C30H36ClN3O6S/c1-5-6-18-32-30(36)22(2)33(20-23-12-10-11-15-26(23)31)29(35)21-34(24-13-8-7-9-14-24)41(37,38)25-16-17-27(39-3)28(19-25)40-4/h7-17,19,22H,5-6,18,20-21H2,1-4H3,(H,32,36). The van der Waals surface area contributed by atoms with Crippen molar-refractivity contribution < 1.29 is 27.5 Å². The van der Waals surface area contributed by atoms with Gasteiger partial charge in [0.15, 0.2) is 11.5 Å². The summed E-state index contributed by atoms with van der Waals surface area (Å²) in [7, 11) is -1.40. The fraction of sp³-hybridized carbons (Fsp3) is 0.333. The summed E-state index contributed by atoms with van der Waals surface area (Å²) >= 11 is 6.40. The molecule has 0 aliphatic heterocycles. The summed E-state index contributed by atoms with van der Waals surface area (Å²) < 4.78 is 39.6. The molecule has 0 bridgehead atoms. The fourth-order valence-electron chi connectivity index (χ4n) is 4.16. The molecule has 0 aliphatic rings. The first-order valence-corrected chi connectivity index (χ1v) is 15.1. The SMILES string of the molecule is CCCCNC(=O)C(C)N(Cc1ccccc1Cl)C(=O)CN(c1ccccc1)S(=O)(=O)c1ccc(OC)c(OC)c1. The molecule has 11 heteroatoms. The van der Waals surface area contributed by atoms with E-state index in [4.69, 9.17) is 21.1 Å². The summed E-state index contributed by atoms with van der Waals surface area (Å²) in [6, 6.07) is 18.7. The molecule has 0 radical (unpaired) electrons. The molecule has 0 aliphatic carbocycles. The van der Waals surface area contributed by atoms with Crippen LogP contribution in [0.25, 0.3) is 0 Å². The molecule has 9 nitrogen and oxygen atoms in total. The van der Waals surface area contributed by atoms with Crippen LogP contribution in [0.15, 0.2) is 77.7 Å². The van der Waals surface area contributed by atoms with Gasteiger partial charge in [-0.15, -0.1) is 0 Å². The predicted molar refractivity (Wildman–Crippen MR) is 160 cm³/mol. The molecular weight excluding hydrogens is 566 g/mol. The molecule has 1 unspecified atom stereocenters. The Balaban J connectivity index is 2.02. The van der Waals surface area contributed by atoms with E-state index >= 15 is 0 Å². The summed E-state index contributed by atoms with van der Waals surface area (Å²) in [6.07, 6.45) is 1.69. The molecule has 41 heavy (non-hydrogen) atoms. The monoisotopic (exact) mass is 601 g/mol. The highest BCUT2D eigenvalue weighted by Gasteiger charge is 2.33. The summed E-state index contributed by atoms with van der Waals surface area (Å²) in [5.41, 5.74) is 0.915. The molecule has 0 heterocycles. The largest absolute Gasteiger partial charge is 0.493 e. The number of nitrogens with one attached hydrogen (secondary N) is 1. The summed E-state index contributed by atoms with van der Waals surface area (Å²) in [5, 5.41) is 3.29. The van der Waals surface area contributed by atoms with E-state index in [0.29, 0.717) is 22.9 Å². The van der Waals surface area contributed by atoms with Gasteiger partial charge in [0.1, 0.15) is 12.6 Å². The number of halogens is 1. The first kappa shape index (κ1) is 31.8. The number of hydrogen-bond acceptors (Lipinski definition) is 6. The van der Waals surface area contributed by atoms with Gasteiger partial charge in [-0.25, -0.2) is 8.42 Å². The van der Waals surface area contributed by atoms with Crippen molar-refractivity contribution in [2.75, 3.05) is 31.6 Å². The highest BCUT2D eigenvalue weighted by atomic mass is 35.5. The summed E-state index contributed by atoms with van der Waals surface area (Å²) in [5.74, 6) is -0.322. The van der Waals surface area contributed by atoms with Crippen LogP contribution in [0.5, 0.6) is 11.5 Å². The summed E-state index contributed by atoms with van der Waals surface area (Å²) in [4.78, 5) is 28.3. The number of sulfonamides is 1. The highest BCUT2D eigenvalue weighted by molar-refractivity contribution is 7.92. The van der Waals surface area contributed by atoms with Crippen molar-refractivity contribution in [2.24, 2.45) is 0 Å². The lowest BCUT2D eigenvalue weighted by Gasteiger charge is -2.32. The topological polar surface area (TPSA) is 105 Å². The normalized spacial score (nSPS) is 11.8. The maximum atomic E-state index is 14.0. The average molecular weight is 602 g/mol. The minimum Gasteiger partial charge on any atom is -0.493 e. The Labute approximate surface area is 247 Å². The second-order valence-electron chi connectivity index (χ2n) is 9.30. The van der Waals surface area contributed by atoms with Gasteiger partial charge in [0.2, 0.25) is 11.8 Å². The number of methoxy groups -OCH3 is 2. The van der Waals surface area contributed by atoms with Crippen LogP contribution in [-0.4, -0.2) is 58.5 Å². The van der Waals surface area contributed by atoms with Crippen LogP contribution in [0.3, 0.4) is 0 Å². The molecule has 0 aromatic heterocycles. The molecule has 3 rings (SSSR count). The molecule has 3 aromatic carbocycles. The van der Waals surface area contributed by atoms with Crippen LogP contribution in [0.2, 0.25) is 5.02 Å². The number of hydrogen-bond donors (Lipinski definition) is 1. The zero-order valence-corrected chi connectivity index (χ0v) is 25.2. The highest BCUT2D eigenvalue weighted by Crippen LogP contribution is 2.32. The van der Waals surface area contributed by atoms with Crippen LogP contribution in [0.4, 0.5) is 5.69 Å². The molecule has 2 amide bonds. The molecule has 1 atom stereocenters. The number of benzene rings is 3. The first-order valence-electron chi connectivity index (χ1n) is 13.2. The number of amides is 2. The van der Waals surface area contributed by atoms with Crippen molar-refractivity contribution in [2.45, 2.75) is 44.2 Å². The van der Waals surface area contributed by atoms with Crippen molar-refractivity contribution >= 4 is 39.1 Å². The van der Waals surface area contributed by atoms with Gasteiger partial charge in [-0.3, -0.25) is 13.9 Å². The lowest BCUT2D eigenvalue weighted by atomic mass is 10.1. The van der Waals surface area contributed by atoms with Gasteiger partial charge in [0, 0.05) is 24.2 Å². The molecule has 0 saturated carbocycles. The van der Waals surface area contributed by atoms with Gasteiger partial charge < -0.3 is 19.7 Å². The zero-order valence-electron chi connectivity index (χ0n) is 23.7. The first-order chi connectivity index (χ1) is 19.6. The third-order valence-corrected chi connectivity index (χ3v) is 8.70. The van der Waals surface area contributed by atoms with E-state index in [9.17, 15) is 18.0 Å². The van der Waals surface area contributed by atoms with E-state index in [-0.39, 0.29) is 28.8 Å². The zero-order chi connectivity index (χ0) is 30.0. The minimum absolute atomic E-state index is 0.0138. The van der Waals surface area contributed by atoms with Crippen molar-refractivity contribution in [3.63, 3.8) is 0 Å². The molecular formula is C30H36ClN3O6S. The molecule has 0 saturated heterocycles. The number of unbranched alkanes of at least 4 members (excludes halogenated alkanes) is 1. The third kappa shape index (κ3) is 7.92. The maximum Gasteiger partial charge on any atom is 0.264 e. The van der Waals surface area contributed by atoms with Crippen molar-refractivity contribution in [3.8, 4) is 11.5 Å². The number of nitrogens with zero attached hydrogens (tertiary/aromatic N) is 2. The number of carbonyl (C=O) groups is 2. The molecule has 0 fully saturated rings. The number of anilines is 1. The predicted octanol–water partition coefficient (Wildman–Crippen LogP) is 4.89. The third-order valence-electron chi connectivity index (χ3n) is 6.56. The van der Waals surface area contributed by atoms with E-state index in [1.165, 1.54) is 37.3 Å². The van der Waals surface area contributed by atoms with Gasteiger partial charge in [-0.2, -0.15) is 0 Å². The molecule has 0 spiro atoms. The smallest absolute Gasteiger partial charge is 0.264 e. The lowest BCUT2D eigenvalue weighted by molar-refractivity contribution is -0.139. The molecule has 220 valence electrons. The maximum absolute atomic E-state index is 14.0. The minimum atomic E-state index is -4.26. The molecule has 1 N–H and O–H groups in total. The van der Waals surface area contributed by atoms with Crippen LogP contribution >= 0.6 is 11.6 Å². The van der Waals surface area contributed by atoms with Crippen molar-refractivity contribution in [3.05, 3.63) is 83.4 Å². The van der Waals surface area contributed by atoms with Crippen LogP contribution in [-0.2, 0) is 26.2 Å². The fourth-order valence-corrected chi connectivity index (χ4v) is 5.78. The number of para-hydroxylation sites is 1. The second kappa shape index (κ2) is 14.7. The van der Waals surface area contributed by atoms with Gasteiger partial charge in [-0.1, -0.05) is 61.3 Å². The van der Waals surface area contributed by atoms with E-state index in [1.807, 2.05) is 6.92 Å². The van der Waals surface area contributed by atoms with E-state index in [2.05, 4.69) is 5.32 Å². The Bertz CT molecular complexity index is 1440. The van der Waals surface area contributed by atoms with Crippen LogP contribution < -0.4 is 19.1 Å². The van der Waals surface area contributed by atoms with Crippen LogP contribution in [0, 0.1) is 0 Å². The van der Waals surface area contributed by atoms with Crippen molar-refractivity contribution in [1.82, 2.24) is 10.2 Å². The number of rotatable bonds is 14. The Morgan fingerprint density at radius 2 is 1.61 bits per heavy atom. The Hall–Kier alpha value is -3.76. The Kier molecular flexibility index (Phi) is 11.4. The van der Waals surface area contributed by atoms with Crippen LogP contribution in [0.1, 0.15) is 32.3 Å².